The molecular formula is C12H11F14NaO3S. The van der Waals surface area contributed by atoms with Crippen LogP contribution in [0.4, 0.5) is 61.5 Å². The Labute approximate surface area is 187 Å². The van der Waals surface area contributed by atoms with Gasteiger partial charge in [-0.1, -0.05) is 0 Å². The van der Waals surface area contributed by atoms with Gasteiger partial charge in [-0.05, 0) is 0 Å². The fourth-order valence-corrected chi connectivity index (χ4v) is 2.40. The van der Waals surface area contributed by atoms with Gasteiger partial charge < -0.3 is 4.55 Å². The molecule has 31 heavy (non-hydrogen) atoms. The summed E-state index contributed by atoms with van der Waals surface area (Å²) >= 11 is 0. The van der Waals surface area contributed by atoms with Gasteiger partial charge in [0.1, 0.15) is 10.1 Å². The molecule has 0 heterocycles. The molecule has 0 aromatic heterocycles. The molecule has 3 nitrogen and oxygen atoms in total. The number of alkyl halides is 14. The van der Waals surface area contributed by atoms with Crippen LogP contribution < -0.4 is 29.6 Å². The average Bonchev–Trinajstić information content (AvgIpc) is 2.66. The Kier molecular flexibility index (Phi) is 13.3. The fraction of sp³-hybridized carbons (Fsp3) is 1.00. The first-order valence-corrected chi connectivity index (χ1v) is 8.78. The monoisotopic (exact) mass is 524 g/mol. The summed E-state index contributed by atoms with van der Waals surface area (Å²) in [5.74, 6) is -6.16. The Bertz CT molecular complexity index is 642. The first-order chi connectivity index (χ1) is 13.3. The second-order valence-corrected chi connectivity index (χ2v) is 7.17. The summed E-state index contributed by atoms with van der Waals surface area (Å²) in [4.78, 5) is 0. The molecule has 19 heteroatoms. The summed E-state index contributed by atoms with van der Waals surface area (Å²) in [6.45, 7) is 0. The van der Waals surface area contributed by atoms with Crippen molar-refractivity contribution in [2.45, 2.75) is 73.4 Å². The Morgan fingerprint density at radius 2 is 0.806 bits per heavy atom. The molecule has 182 valence electrons. The third kappa shape index (κ3) is 8.03. The van der Waals surface area contributed by atoms with E-state index in [1.807, 2.05) is 0 Å². The zero-order valence-electron chi connectivity index (χ0n) is 14.8. The molecule has 0 aromatic carbocycles. The zero-order valence-corrected chi connectivity index (χ0v) is 17.6. The van der Waals surface area contributed by atoms with Gasteiger partial charge in [-0.2, -0.15) is 8.78 Å². The van der Waals surface area contributed by atoms with Crippen LogP contribution in [0.1, 0.15) is 0 Å². The van der Waals surface area contributed by atoms with Crippen LogP contribution in [0, 0.1) is 0 Å². The molecule has 0 rings (SSSR count). The molecule has 0 spiro atoms. The molecule has 0 radical (unpaired) electrons. The topological polar surface area (TPSA) is 57.2 Å². The van der Waals surface area contributed by atoms with E-state index in [-0.39, 0.29) is 29.6 Å². The van der Waals surface area contributed by atoms with Crippen molar-refractivity contribution in [3.8, 4) is 0 Å². The fourth-order valence-electron chi connectivity index (χ4n) is 1.88. The van der Waals surface area contributed by atoms with Crippen LogP contribution in [0.2, 0.25) is 0 Å². The molecule has 0 fully saturated rings. The van der Waals surface area contributed by atoms with Crippen molar-refractivity contribution >= 4 is 10.1 Å². The van der Waals surface area contributed by atoms with E-state index in [0.717, 1.165) is 0 Å². The molecule has 0 amide bonds. The summed E-state index contributed by atoms with van der Waals surface area (Å²) in [6, 6.07) is 0. The molecule has 0 N–H and O–H groups in total. The largest absolute Gasteiger partial charge is 1.00 e. The Morgan fingerprint density at radius 3 is 1.06 bits per heavy atom. The van der Waals surface area contributed by atoms with E-state index in [0.29, 0.717) is 0 Å². The van der Waals surface area contributed by atoms with Crippen LogP contribution in [-0.4, -0.2) is 86.4 Å². The third-order valence-corrected chi connectivity index (χ3v) is 4.39. The Balaban J connectivity index is 0. The van der Waals surface area contributed by atoms with Gasteiger partial charge >= 0.3 is 35.5 Å². The summed E-state index contributed by atoms with van der Waals surface area (Å²) in [7, 11) is -6.66. The molecule has 0 aliphatic heterocycles. The van der Waals surface area contributed by atoms with Crippen LogP contribution in [0.5, 0.6) is 0 Å². The van der Waals surface area contributed by atoms with Crippen molar-refractivity contribution < 1.29 is 104 Å². The molecule has 0 saturated heterocycles. The Morgan fingerprint density at radius 1 is 0.548 bits per heavy atom. The minimum absolute atomic E-state index is 0. The first-order valence-electron chi connectivity index (χ1n) is 7.31. The number of hydrogen-bond donors (Lipinski definition) is 0. The minimum atomic E-state index is -6.66. The van der Waals surface area contributed by atoms with E-state index in [1.54, 1.807) is 0 Å². The van der Waals surface area contributed by atoms with E-state index in [1.165, 1.54) is 0 Å². The van der Waals surface area contributed by atoms with Crippen LogP contribution in [0.15, 0.2) is 0 Å². The second-order valence-electron chi connectivity index (χ2n) is 5.78. The molecule has 10 unspecified atom stereocenters. The molecule has 0 aliphatic rings. The standard InChI is InChI=1S/C12H12F14O3S.Na/c13-1(2(14)4(16)6(18)8(20)10(22)23)3(15)5(17)7(19)9(21)12(25,26)11(24)30(27,28)29;/h1-11H,(H,27,28,29);/q;+1/p-1. The van der Waals surface area contributed by atoms with Gasteiger partial charge in [0.25, 0.3) is 11.9 Å². The molecular weight excluding hydrogens is 513 g/mol. The predicted octanol–water partition coefficient (Wildman–Crippen LogP) is 0.775. The van der Waals surface area contributed by atoms with Gasteiger partial charge in [0.15, 0.2) is 49.4 Å². The van der Waals surface area contributed by atoms with Crippen LogP contribution in [-0.2, 0) is 10.1 Å². The van der Waals surface area contributed by atoms with Gasteiger partial charge in [-0.25, -0.2) is 61.1 Å². The maximum atomic E-state index is 13.4. The second kappa shape index (κ2) is 12.4. The smallest absolute Gasteiger partial charge is 0.746 e. The maximum Gasteiger partial charge on any atom is 1.00 e. The number of rotatable bonds is 12. The van der Waals surface area contributed by atoms with Crippen molar-refractivity contribution in [1.82, 2.24) is 0 Å². The van der Waals surface area contributed by atoms with Crippen LogP contribution in [0.25, 0.3) is 0 Å². The predicted molar refractivity (Wildman–Crippen MR) is 69.6 cm³/mol. The van der Waals surface area contributed by atoms with Crippen molar-refractivity contribution in [2.24, 2.45) is 0 Å². The number of halogens is 14. The molecule has 0 aromatic rings. The third-order valence-electron chi connectivity index (χ3n) is 3.57. The van der Waals surface area contributed by atoms with Gasteiger partial charge in [-0.15, -0.1) is 0 Å². The van der Waals surface area contributed by atoms with Gasteiger partial charge in [0.05, 0.1) is 0 Å². The van der Waals surface area contributed by atoms with E-state index < -0.39 is 83.5 Å². The summed E-state index contributed by atoms with van der Waals surface area (Å²) in [5.41, 5.74) is -5.02. The number of hydrogen-bond acceptors (Lipinski definition) is 3. The van der Waals surface area contributed by atoms with Crippen molar-refractivity contribution in [3.63, 3.8) is 0 Å². The normalized spacial score (nSPS) is 23.0. The van der Waals surface area contributed by atoms with Gasteiger partial charge in [0.2, 0.25) is 6.17 Å². The van der Waals surface area contributed by atoms with Gasteiger partial charge in [-0.3, -0.25) is 0 Å². The molecule has 0 bridgehead atoms. The SMILES string of the molecule is O=S(=O)([O-])C(F)C(F)(F)C(F)C(F)C(F)C(F)C(F)C(F)C(F)C(F)C(F)C(F)F.[Na+]. The minimum Gasteiger partial charge on any atom is -0.746 e. The van der Waals surface area contributed by atoms with E-state index in [4.69, 9.17) is 0 Å². The summed E-state index contributed by atoms with van der Waals surface area (Å²) in [6.07, 6.45) is -44.1. The average molecular weight is 524 g/mol. The van der Waals surface area contributed by atoms with Crippen LogP contribution >= 0.6 is 0 Å². The summed E-state index contributed by atoms with van der Waals surface area (Å²) in [5, 5.41) is 0. The van der Waals surface area contributed by atoms with Gasteiger partial charge in [0, 0.05) is 0 Å². The Hall–Kier alpha value is -0.0700. The summed E-state index contributed by atoms with van der Waals surface area (Å²) < 4.78 is 212. The van der Waals surface area contributed by atoms with Crippen LogP contribution in [0.3, 0.4) is 0 Å². The van der Waals surface area contributed by atoms with E-state index >= 15 is 0 Å². The zero-order chi connectivity index (χ0) is 24.4. The maximum absolute atomic E-state index is 13.4. The van der Waals surface area contributed by atoms with Crippen molar-refractivity contribution in [3.05, 3.63) is 0 Å². The van der Waals surface area contributed by atoms with E-state index in [2.05, 4.69) is 0 Å². The molecule has 10 atom stereocenters. The van der Waals surface area contributed by atoms with E-state index in [9.17, 15) is 74.4 Å². The molecule has 0 saturated carbocycles. The molecule has 0 aliphatic carbocycles. The first kappa shape index (κ1) is 33.1. The van der Waals surface area contributed by atoms with Crippen molar-refractivity contribution in [1.29, 1.82) is 0 Å². The quantitative estimate of drug-likeness (QED) is 0.216. The van der Waals surface area contributed by atoms with Crippen molar-refractivity contribution in [2.75, 3.05) is 0 Å².